The molecule has 6 nitrogen and oxygen atoms in total. The molecule has 0 spiro atoms. The van der Waals surface area contributed by atoms with Gasteiger partial charge in [0, 0.05) is 19.3 Å². The van der Waals surface area contributed by atoms with Gasteiger partial charge in [0.2, 0.25) is 0 Å². The lowest BCUT2D eigenvalue weighted by Gasteiger charge is -2.33. The van der Waals surface area contributed by atoms with Crippen LogP contribution in [0.1, 0.15) is 18.4 Å². The van der Waals surface area contributed by atoms with E-state index in [4.69, 9.17) is 20.8 Å². The van der Waals surface area contributed by atoms with E-state index in [-0.39, 0.29) is 12.7 Å². The summed E-state index contributed by atoms with van der Waals surface area (Å²) < 4.78 is 5.51. The molecule has 1 aliphatic heterocycles. The molecule has 1 aromatic heterocycles. The fourth-order valence-corrected chi connectivity index (χ4v) is 2.27. The van der Waals surface area contributed by atoms with Crippen molar-refractivity contribution in [3.63, 3.8) is 0 Å². The molecule has 1 fully saturated rings. The number of nitriles is 1. The molecule has 1 saturated heterocycles. The fraction of sp³-hybridized carbons (Fsp3) is 0.538. The number of aliphatic hydroxyl groups excluding tert-OH is 1. The van der Waals surface area contributed by atoms with E-state index in [1.165, 1.54) is 0 Å². The van der Waals surface area contributed by atoms with Crippen LogP contribution in [0.5, 0.6) is 0 Å². The van der Waals surface area contributed by atoms with E-state index in [0.717, 1.165) is 25.9 Å². The van der Waals surface area contributed by atoms with Crippen molar-refractivity contribution in [3.05, 3.63) is 17.8 Å². The smallest absolute Gasteiger partial charge is 0.153 e. The van der Waals surface area contributed by atoms with Crippen LogP contribution in [-0.4, -0.2) is 42.5 Å². The first-order valence-electron chi connectivity index (χ1n) is 6.38. The first-order chi connectivity index (χ1) is 9.26. The minimum atomic E-state index is 0.0545. The van der Waals surface area contributed by atoms with Gasteiger partial charge >= 0.3 is 0 Å². The predicted octanol–water partition coefficient (Wildman–Crippen LogP) is 0.513. The van der Waals surface area contributed by atoms with Gasteiger partial charge in [0.15, 0.2) is 5.82 Å². The Morgan fingerprint density at radius 2 is 2.26 bits per heavy atom. The standard InChI is InChI=1S/C13H18N4O2/c14-9-10-1-4-16-13(12(10)15)17-5-2-11(3-6-17)19-8-7-18/h1,4,11,18H,2-3,5-8,15H2. The van der Waals surface area contributed by atoms with E-state index in [9.17, 15) is 0 Å². The van der Waals surface area contributed by atoms with E-state index in [1.807, 2.05) is 0 Å². The van der Waals surface area contributed by atoms with E-state index in [1.54, 1.807) is 12.3 Å². The number of nitrogen functional groups attached to an aromatic ring is 1. The number of pyridine rings is 1. The van der Waals surface area contributed by atoms with Crippen molar-refractivity contribution in [1.29, 1.82) is 5.26 Å². The van der Waals surface area contributed by atoms with Crippen molar-refractivity contribution in [2.24, 2.45) is 0 Å². The molecule has 0 radical (unpaired) electrons. The predicted molar refractivity (Wildman–Crippen MR) is 71.6 cm³/mol. The maximum Gasteiger partial charge on any atom is 0.153 e. The Bertz CT molecular complexity index is 464. The van der Waals surface area contributed by atoms with E-state index in [0.29, 0.717) is 23.7 Å². The van der Waals surface area contributed by atoms with Crippen molar-refractivity contribution in [1.82, 2.24) is 4.98 Å². The molecule has 1 aliphatic rings. The molecule has 2 rings (SSSR count). The average Bonchev–Trinajstić information content (AvgIpc) is 2.46. The van der Waals surface area contributed by atoms with Crippen molar-refractivity contribution >= 4 is 11.5 Å². The molecule has 0 amide bonds. The molecule has 6 heteroatoms. The topological polar surface area (TPSA) is 95.4 Å². The zero-order valence-electron chi connectivity index (χ0n) is 10.7. The van der Waals surface area contributed by atoms with Crippen LogP contribution in [-0.2, 0) is 4.74 Å². The van der Waals surface area contributed by atoms with Crippen molar-refractivity contribution in [2.45, 2.75) is 18.9 Å². The maximum atomic E-state index is 8.96. The molecule has 0 aromatic carbocycles. The van der Waals surface area contributed by atoms with Gasteiger partial charge in [0.25, 0.3) is 0 Å². The number of hydrogen-bond donors (Lipinski definition) is 2. The molecular formula is C13H18N4O2. The van der Waals surface area contributed by atoms with E-state index < -0.39 is 0 Å². The van der Waals surface area contributed by atoms with Gasteiger partial charge in [-0.2, -0.15) is 5.26 Å². The number of rotatable bonds is 4. The van der Waals surface area contributed by atoms with Crippen LogP contribution < -0.4 is 10.6 Å². The van der Waals surface area contributed by atoms with E-state index >= 15 is 0 Å². The first kappa shape index (κ1) is 13.6. The van der Waals surface area contributed by atoms with Gasteiger partial charge in [0.1, 0.15) is 6.07 Å². The summed E-state index contributed by atoms with van der Waals surface area (Å²) in [7, 11) is 0. The van der Waals surface area contributed by atoms with Gasteiger partial charge in [-0.1, -0.05) is 0 Å². The quantitative estimate of drug-likeness (QED) is 0.821. The number of nitrogens with zero attached hydrogens (tertiary/aromatic N) is 3. The van der Waals surface area contributed by atoms with Crippen LogP contribution in [0, 0.1) is 11.3 Å². The number of ether oxygens (including phenoxy) is 1. The number of aromatic nitrogens is 1. The summed E-state index contributed by atoms with van der Waals surface area (Å²) in [5.74, 6) is 0.680. The van der Waals surface area contributed by atoms with E-state index in [2.05, 4.69) is 16.0 Å². The summed E-state index contributed by atoms with van der Waals surface area (Å²) in [5, 5.41) is 17.7. The maximum absolute atomic E-state index is 8.96. The fourth-order valence-electron chi connectivity index (χ4n) is 2.27. The molecule has 0 bridgehead atoms. The third-order valence-electron chi connectivity index (χ3n) is 3.28. The lowest BCUT2D eigenvalue weighted by atomic mass is 10.1. The Morgan fingerprint density at radius 3 is 2.89 bits per heavy atom. The number of anilines is 2. The number of nitrogens with two attached hydrogens (primary N) is 1. The molecule has 1 aromatic rings. The number of hydrogen-bond acceptors (Lipinski definition) is 6. The second-order valence-corrected chi connectivity index (χ2v) is 4.49. The Hall–Kier alpha value is -1.84. The summed E-state index contributed by atoms with van der Waals surface area (Å²) >= 11 is 0. The normalized spacial score (nSPS) is 16.3. The molecule has 0 atom stereocenters. The summed E-state index contributed by atoms with van der Waals surface area (Å²) in [6.45, 7) is 2.03. The van der Waals surface area contributed by atoms with Gasteiger partial charge in [0.05, 0.1) is 30.6 Å². The Morgan fingerprint density at radius 1 is 1.53 bits per heavy atom. The van der Waals surface area contributed by atoms with Crippen molar-refractivity contribution < 1.29 is 9.84 Å². The molecule has 0 aliphatic carbocycles. The van der Waals surface area contributed by atoms with Crippen LogP contribution in [0.3, 0.4) is 0 Å². The van der Waals surface area contributed by atoms with Gasteiger partial charge in [-0.15, -0.1) is 0 Å². The molecule has 3 N–H and O–H groups in total. The highest BCUT2D eigenvalue weighted by Gasteiger charge is 2.22. The zero-order valence-corrected chi connectivity index (χ0v) is 10.7. The number of piperidine rings is 1. The van der Waals surface area contributed by atoms with Gasteiger partial charge in [-0.25, -0.2) is 4.98 Å². The molecule has 0 saturated carbocycles. The summed E-state index contributed by atoms with van der Waals surface area (Å²) in [5.41, 5.74) is 6.85. The van der Waals surface area contributed by atoms with Gasteiger partial charge < -0.3 is 20.5 Å². The van der Waals surface area contributed by atoms with Crippen molar-refractivity contribution in [2.75, 3.05) is 36.9 Å². The summed E-state index contributed by atoms with van der Waals surface area (Å²) in [6, 6.07) is 3.69. The van der Waals surface area contributed by atoms with Crippen LogP contribution in [0.4, 0.5) is 11.5 Å². The molecular weight excluding hydrogens is 244 g/mol. The highest BCUT2D eigenvalue weighted by atomic mass is 16.5. The lowest BCUT2D eigenvalue weighted by molar-refractivity contribution is 0.0158. The first-order valence-corrected chi connectivity index (χ1v) is 6.38. The third-order valence-corrected chi connectivity index (χ3v) is 3.28. The Kier molecular flexibility index (Phi) is 4.55. The van der Waals surface area contributed by atoms with Crippen LogP contribution in [0.15, 0.2) is 12.3 Å². The molecule has 102 valence electrons. The van der Waals surface area contributed by atoms with Gasteiger partial charge in [-0.05, 0) is 18.9 Å². The molecule has 2 heterocycles. The summed E-state index contributed by atoms with van der Waals surface area (Å²) in [4.78, 5) is 6.35. The zero-order chi connectivity index (χ0) is 13.7. The SMILES string of the molecule is N#Cc1ccnc(N2CCC(OCCO)CC2)c1N. The van der Waals surface area contributed by atoms with Crippen LogP contribution in [0.2, 0.25) is 0 Å². The third kappa shape index (κ3) is 3.13. The highest BCUT2D eigenvalue weighted by molar-refractivity contribution is 5.70. The minimum absolute atomic E-state index is 0.0545. The minimum Gasteiger partial charge on any atom is -0.395 e. The monoisotopic (exact) mass is 262 g/mol. The second-order valence-electron chi connectivity index (χ2n) is 4.49. The molecule has 0 unspecified atom stereocenters. The van der Waals surface area contributed by atoms with Crippen LogP contribution >= 0.6 is 0 Å². The average molecular weight is 262 g/mol. The number of aliphatic hydroxyl groups is 1. The second kappa shape index (κ2) is 6.36. The Labute approximate surface area is 112 Å². The lowest BCUT2D eigenvalue weighted by Crippen LogP contribution is -2.38. The van der Waals surface area contributed by atoms with Crippen LogP contribution in [0.25, 0.3) is 0 Å². The molecule has 19 heavy (non-hydrogen) atoms. The van der Waals surface area contributed by atoms with Crippen molar-refractivity contribution in [3.8, 4) is 6.07 Å². The summed E-state index contributed by atoms with van der Waals surface area (Å²) in [6.07, 6.45) is 3.54. The largest absolute Gasteiger partial charge is 0.395 e. The highest BCUT2D eigenvalue weighted by Crippen LogP contribution is 2.26. The Balaban J connectivity index is 2.00. The van der Waals surface area contributed by atoms with Gasteiger partial charge in [-0.3, -0.25) is 0 Å².